The average molecular weight is 852 g/mol. The normalized spacial score (nSPS) is 16.0. The largest absolute Gasteiger partial charge is 0.489 e. The van der Waals surface area contributed by atoms with Gasteiger partial charge >= 0.3 is 5.97 Å². The molecule has 0 spiro atoms. The van der Waals surface area contributed by atoms with Gasteiger partial charge in [-0.3, -0.25) is 9.59 Å². The maximum Gasteiger partial charge on any atom is 0.326 e. The third-order valence-corrected chi connectivity index (χ3v) is 11.9. The number of rotatable bonds is 11. The minimum absolute atomic E-state index is 0.0377. The number of carbonyl (C=O) groups excluding carboxylic acids is 2. The molecule has 306 valence electrons. The Bertz CT molecular complexity index is 2630. The van der Waals surface area contributed by atoms with Gasteiger partial charge in [-0.05, 0) is 99.6 Å². The van der Waals surface area contributed by atoms with Gasteiger partial charge < -0.3 is 29.7 Å². The number of nitrogens with one attached hydrogen (secondary N) is 1. The third kappa shape index (κ3) is 9.19. The number of anilines is 1. The van der Waals surface area contributed by atoms with E-state index in [4.69, 9.17) is 37.9 Å². The molecule has 3 atom stereocenters. The minimum Gasteiger partial charge on any atom is -0.489 e. The van der Waals surface area contributed by atoms with Crippen LogP contribution >= 0.6 is 23.2 Å². The number of amides is 2. The molecule has 2 heterocycles. The van der Waals surface area contributed by atoms with Gasteiger partial charge in [0.2, 0.25) is 5.91 Å². The lowest BCUT2D eigenvalue weighted by Gasteiger charge is -2.39. The highest BCUT2D eigenvalue weighted by atomic mass is 35.5. The zero-order valence-corrected chi connectivity index (χ0v) is 34.6. The lowest BCUT2D eigenvalue weighted by Crippen LogP contribution is -2.56. The Labute approximate surface area is 363 Å². The number of benzene rings is 6. The third-order valence-electron chi connectivity index (χ3n) is 11.1. The molecule has 6 aromatic carbocycles. The molecule has 6 aromatic rings. The van der Waals surface area contributed by atoms with Gasteiger partial charge in [-0.2, -0.15) is 5.26 Å². The number of hydrogen-bond acceptors (Lipinski definition) is 7. The maximum absolute atomic E-state index is 14.2. The van der Waals surface area contributed by atoms with Crippen molar-refractivity contribution in [3.8, 4) is 28.7 Å². The van der Waals surface area contributed by atoms with Crippen molar-refractivity contribution in [2.75, 3.05) is 18.5 Å². The summed E-state index contributed by atoms with van der Waals surface area (Å²) < 4.78 is 12.6. The number of likely N-dealkylation sites (N-methyl/N-ethyl adjacent to an activating group) is 1. The molecule has 0 radical (unpaired) electrons. The van der Waals surface area contributed by atoms with Gasteiger partial charge in [0.15, 0.2) is 0 Å². The Kier molecular flexibility index (Phi) is 12.0. The van der Waals surface area contributed by atoms with Gasteiger partial charge in [0.25, 0.3) is 5.91 Å². The molecule has 1 unspecified atom stereocenters. The number of carboxylic acids is 1. The van der Waals surface area contributed by atoms with E-state index < -0.39 is 24.0 Å². The molecule has 2 aliphatic heterocycles. The van der Waals surface area contributed by atoms with Crippen molar-refractivity contribution in [3.63, 3.8) is 0 Å². The van der Waals surface area contributed by atoms with Gasteiger partial charge in [-0.25, -0.2) is 4.79 Å². The Morgan fingerprint density at radius 2 is 1.54 bits per heavy atom. The first kappa shape index (κ1) is 41.0. The summed E-state index contributed by atoms with van der Waals surface area (Å²) in [5.74, 6) is -0.729. The molecule has 0 aliphatic carbocycles. The van der Waals surface area contributed by atoms with Gasteiger partial charge in [-0.1, -0.05) is 96.0 Å². The summed E-state index contributed by atoms with van der Waals surface area (Å²) in [6, 6.07) is 40.4. The van der Waals surface area contributed by atoms with E-state index in [1.54, 1.807) is 48.5 Å². The van der Waals surface area contributed by atoms with Gasteiger partial charge in [0.1, 0.15) is 36.3 Å². The molecular weight excluding hydrogens is 811 g/mol. The van der Waals surface area contributed by atoms with Crippen LogP contribution in [0.3, 0.4) is 0 Å². The van der Waals surface area contributed by atoms with E-state index in [1.165, 1.54) is 4.90 Å². The SMILES string of the molecule is CN1C[C@H](c2ccc(OCc3ccc(Cl)c(Cl)c3)cc2)Oc2cc3c(cc21)CC(C(=O)N[C@@H](Cc1ccc(-c2ccc(C#N)cc2)cc1)C(=O)O)N(C(=O)c1ccccc1)C3. The molecule has 0 saturated heterocycles. The Balaban J connectivity index is 0.991. The van der Waals surface area contributed by atoms with E-state index in [0.29, 0.717) is 51.4 Å². The Morgan fingerprint density at radius 3 is 2.21 bits per heavy atom. The molecule has 10 nitrogen and oxygen atoms in total. The monoisotopic (exact) mass is 850 g/mol. The molecule has 2 N–H and O–H groups in total. The Hall–Kier alpha value is -6.80. The summed E-state index contributed by atoms with van der Waals surface area (Å²) in [6.07, 6.45) is -0.0702. The van der Waals surface area contributed by atoms with E-state index in [0.717, 1.165) is 39.1 Å². The second-order valence-corrected chi connectivity index (χ2v) is 16.0. The molecule has 8 rings (SSSR count). The summed E-state index contributed by atoms with van der Waals surface area (Å²) in [7, 11) is 1.99. The average Bonchev–Trinajstić information content (AvgIpc) is 3.28. The molecule has 0 bridgehead atoms. The number of carbonyl (C=O) groups is 3. The molecule has 12 heteroatoms. The topological polar surface area (TPSA) is 132 Å². The second kappa shape index (κ2) is 17.8. The first-order chi connectivity index (χ1) is 29.5. The van der Waals surface area contributed by atoms with Crippen LogP contribution in [0.4, 0.5) is 5.69 Å². The standard InChI is InChI=1S/C49H40Cl2N4O6/c1-54-28-46(35-16-18-39(19-17-35)60-29-32-11-20-40(50)41(51)21-32)61-45-25-38-27-55(48(57)36-5-3-2-4-6-36)44(24-37(38)23-43(45)54)47(56)53-42(49(58)59)22-30-7-12-33(13-8-30)34-14-9-31(26-52)10-15-34/h2-21,23,25,42,44,46H,22,24,27-29H2,1H3,(H,53,56)(H,58,59)/t42-,44?,46+/m0/s1. The van der Waals surface area contributed by atoms with Crippen LogP contribution in [-0.2, 0) is 35.6 Å². The van der Waals surface area contributed by atoms with E-state index >= 15 is 0 Å². The molecule has 0 saturated carbocycles. The fraction of sp³-hybridized carbons (Fsp3) is 0.184. The zero-order chi connectivity index (χ0) is 42.6. The number of halogens is 2. The van der Waals surface area contributed by atoms with E-state index in [1.807, 2.05) is 92.0 Å². The second-order valence-electron chi connectivity index (χ2n) is 15.2. The smallest absolute Gasteiger partial charge is 0.326 e. The van der Waals surface area contributed by atoms with Crippen molar-refractivity contribution >= 4 is 46.7 Å². The van der Waals surface area contributed by atoms with Crippen molar-refractivity contribution in [2.45, 2.75) is 44.2 Å². The van der Waals surface area contributed by atoms with Crippen molar-refractivity contribution in [1.82, 2.24) is 10.2 Å². The number of nitrogens with zero attached hydrogens (tertiary/aromatic N) is 3. The molecule has 0 aromatic heterocycles. The zero-order valence-electron chi connectivity index (χ0n) is 33.1. The van der Waals surface area contributed by atoms with Crippen LogP contribution in [0.25, 0.3) is 11.1 Å². The van der Waals surface area contributed by atoms with E-state index in [9.17, 15) is 19.5 Å². The summed E-state index contributed by atoms with van der Waals surface area (Å²) in [5, 5.41) is 23.1. The van der Waals surface area contributed by atoms with Crippen LogP contribution in [0.2, 0.25) is 10.0 Å². The van der Waals surface area contributed by atoms with Crippen LogP contribution in [0, 0.1) is 11.3 Å². The number of carboxylic acid groups (broad SMARTS) is 1. The van der Waals surface area contributed by atoms with Crippen LogP contribution in [0.5, 0.6) is 11.5 Å². The highest BCUT2D eigenvalue weighted by molar-refractivity contribution is 6.42. The van der Waals surface area contributed by atoms with Crippen LogP contribution in [-0.4, -0.2) is 53.5 Å². The van der Waals surface area contributed by atoms with E-state index in [2.05, 4.69) is 16.3 Å². The summed E-state index contributed by atoms with van der Waals surface area (Å²) in [5.41, 5.74) is 7.95. The number of ether oxygens (including phenoxy) is 2. The quantitative estimate of drug-likeness (QED) is 0.132. The molecule has 61 heavy (non-hydrogen) atoms. The van der Waals surface area contributed by atoms with Crippen molar-refractivity contribution in [1.29, 1.82) is 5.26 Å². The number of fused-ring (bicyclic) bond motifs is 2. The lowest BCUT2D eigenvalue weighted by molar-refractivity contribution is -0.142. The highest BCUT2D eigenvalue weighted by Gasteiger charge is 2.38. The van der Waals surface area contributed by atoms with Gasteiger partial charge in [0, 0.05) is 32.0 Å². The van der Waals surface area contributed by atoms with Crippen LogP contribution in [0.15, 0.2) is 133 Å². The van der Waals surface area contributed by atoms with Crippen molar-refractivity contribution in [2.24, 2.45) is 0 Å². The molecular formula is C49H40Cl2N4O6. The number of hydrogen-bond donors (Lipinski definition) is 2. The predicted molar refractivity (Wildman–Crippen MR) is 234 cm³/mol. The highest BCUT2D eigenvalue weighted by Crippen LogP contribution is 2.42. The van der Waals surface area contributed by atoms with Crippen LogP contribution < -0.4 is 19.7 Å². The predicted octanol–water partition coefficient (Wildman–Crippen LogP) is 9.06. The lowest BCUT2D eigenvalue weighted by atomic mass is 9.90. The summed E-state index contributed by atoms with van der Waals surface area (Å²) in [6.45, 7) is 1.01. The van der Waals surface area contributed by atoms with Gasteiger partial charge in [-0.15, -0.1) is 0 Å². The van der Waals surface area contributed by atoms with Crippen LogP contribution in [0.1, 0.15) is 49.8 Å². The number of nitriles is 1. The fourth-order valence-electron chi connectivity index (χ4n) is 7.75. The van der Waals surface area contributed by atoms with E-state index in [-0.39, 0.29) is 31.4 Å². The summed E-state index contributed by atoms with van der Waals surface area (Å²) >= 11 is 12.2. The molecule has 2 aliphatic rings. The minimum atomic E-state index is -1.24. The van der Waals surface area contributed by atoms with Gasteiger partial charge in [0.05, 0.1) is 33.9 Å². The first-order valence-electron chi connectivity index (χ1n) is 19.7. The molecule has 0 fully saturated rings. The first-order valence-corrected chi connectivity index (χ1v) is 20.5. The molecule has 2 amide bonds. The Morgan fingerprint density at radius 1 is 0.852 bits per heavy atom. The summed E-state index contributed by atoms with van der Waals surface area (Å²) in [4.78, 5) is 44.6. The maximum atomic E-state index is 14.2. The van der Waals surface area contributed by atoms with Crippen molar-refractivity contribution < 1.29 is 29.0 Å². The van der Waals surface area contributed by atoms with Crippen molar-refractivity contribution in [3.05, 3.63) is 182 Å². The number of aliphatic carboxylic acids is 1. The fourth-order valence-corrected chi connectivity index (χ4v) is 8.07.